The van der Waals surface area contributed by atoms with Gasteiger partial charge in [0.15, 0.2) is 0 Å². The lowest BCUT2D eigenvalue weighted by Gasteiger charge is -2.05. The molecule has 0 saturated carbocycles. The average Bonchev–Trinajstić information content (AvgIpc) is 2.52. The lowest BCUT2D eigenvalue weighted by molar-refractivity contribution is -0.144. The first-order valence-corrected chi connectivity index (χ1v) is 9.54. The number of ether oxygens (including phenoxy) is 1. The Hall–Kier alpha value is -1.06. The molecule has 0 unspecified atom stereocenters. The van der Waals surface area contributed by atoms with Crippen LogP contribution in [0.5, 0.6) is 0 Å². The van der Waals surface area contributed by atoms with Crippen molar-refractivity contribution in [3.05, 3.63) is 0 Å². The van der Waals surface area contributed by atoms with Crippen LogP contribution in [0, 0.1) is 0 Å². The van der Waals surface area contributed by atoms with Crippen molar-refractivity contribution in [1.82, 2.24) is 0 Å². The minimum absolute atomic E-state index is 0.0677. The minimum Gasteiger partial charge on any atom is -0.481 e. The molecule has 0 radical (unpaired) electrons. The molecule has 0 amide bonds. The first-order chi connectivity index (χ1) is 11.2. The van der Waals surface area contributed by atoms with Crippen LogP contribution in [0.2, 0.25) is 0 Å². The quantitative estimate of drug-likeness (QED) is 0.283. The number of carboxylic acids is 1. The summed E-state index contributed by atoms with van der Waals surface area (Å²) in [7, 11) is 0. The fourth-order valence-electron chi connectivity index (χ4n) is 2.57. The fourth-order valence-corrected chi connectivity index (χ4v) is 2.57. The summed E-state index contributed by atoms with van der Waals surface area (Å²) in [6, 6.07) is 0. The number of hydrogen-bond donors (Lipinski definition) is 1. The highest BCUT2D eigenvalue weighted by Gasteiger charge is 2.02. The molecule has 0 heterocycles. The predicted molar refractivity (Wildman–Crippen MR) is 93.5 cm³/mol. The van der Waals surface area contributed by atoms with Gasteiger partial charge >= 0.3 is 11.9 Å². The first-order valence-electron chi connectivity index (χ1n) is 9.54. The van der Waals surface area contributed by atoms with Crippen LogP contribution in [-0.2, 0) is 14.3 Å². The van der Waals surface area contributed by atoms with E-state index in [9.17, 15) is 9.59 Å². The van der Waals surface area contributed by atoms with Crippen LogP contribution in [-0.4, -0.2) is 23.7 Å². The lowest BCUT2D eigenvalue weighted by Crippen LogP contribution is -2.05. The number of aliphatic carboxylic acids is 1. The predicted octanol–water partition coefficient (Wildman–Crippen LogP) is 5.49. The number of hydrogen-bond acceptors (Lipinski definition) is 3. The van der Waals surface area contributed by atoms with Crippen molar-refractivity contribution in [3.63, 3.8) is 0 Å². The van der Waals surface area contributed by atoms with Crippen LogP contribution in [0.25, 0.3) is 0 Å². The van der Waals surface area contributed by atoms with Crippen LogP contribution in [0.15, 0.2) is 0 Å². The SMILES string of the molecule is CCCCCCCCCOC(=O)CCCCCCCCC(=O)O. The van der Waals surface area contributed by atoms with E-state index in [0.29, 0.717) is 13.0 Å². The summed E-state index contributed by atoms with van der Waals surface area (Å²) in [5.41, 5.74) is 0. The van der Waals surface area contributed by atoms with E-state index in [0.717, 1.165) is 51.4 Å². The molecule has 0 bridgehead atoms. The Morgan fingerprint density at radius 2 is 1.17 bits per heavy atom. The Morgan fingerprint density at radius 3 is 1.74 bits per heavy atom. The molecule has 0 aliphatic carbocycles. The Labute approximate surface area is 142 Å². The normalized spacial score (nSPS) is 10.7. The summed E-state index contributed by atoms with van der Waals surface area (Å²) in [6.45, 7) is 2.79. The van der Waals surface area contributed by atoms with Gasteiger partial charge in [-0.05, 0) is 19.3 Å². The first kappa shape index (κ1) is 21.9. The highest BCUT2D eigenvalue weighted by atomic mass is 16.5. The Bertz CT molecular complexity index is 289. The molecule has 4 heteroatoms. The van der Waals surface area contributed by atoms with Crippen molar-refractivity contribution >= 4 is 11.9 Å². The van der Waals surface area contributed by atoms with Gasteiger partial charge < -0.3 is 9.84 Å². The number of unbranched alkanes of at least 4 members (excludes halogenated alkanes) is 11. The topological polar surface area (TPSA) is 63.6 Å². The third-order valence-corrected chi connectivity index (χ3v) is 4.03. The zero-order chi connectivity index (χ0) is 17.2. The molecular weight excluding hydrogens is 292 g/mol. The van der Waals surface area contributed by atoms with Crippen molar-refractivity contribution < 1.29 is 19.4 Å². The number of esters is 1. The zero-order valence-corrected chi connectivity index (χ0v) is 15.0. The van der Waals surface area contributed by atoms with Gasteiger partial charge in [0.05, 0.1) is 6.61 Å². The highest BCUT2D eigenvalue weighted by Crippen LogP contribution is 2.10. The van der Waals surface area contributed by atoms with Gasteiger partial charge in [0.1, 0.15) is 0 Å². The van der Waals surface area contributed by atoms with E-state index in [2.05, 4.69) is 6.92 Å². The van der Waals surface area contributed by atoms with Crippen LogP contribution < -0.4 is 0 Å². The second-order valence-electron chi connectivity index (χ2n) is 6.36. The molecule has 0 aliphatic heterocycles. The van der Waals surface area contributed by atoms with Gasteiger partial charge in [0, 0.05) is 12.8 Å². The second-order valence-corrected chi connectivity index (χ2v) is 6.36. The zero-order valence-electron chi connectivity index (χ0n) is 15.0. The number of carboxylic acid groups (broad SMARTS) is 1. The van der Waals surface area contributed by atoms with E-state index in [4.69, 9.17) is 9.84 Å². The van der Waals surface area contributed by atoms with Crippen LogP contribution in [0.3, 0.4) is 0 Å². The monoisotopic (exact) mass is 328 g/mol. The summed E-state index contributed by atoms with van der Waals surface area (Å²) in [4.78, 5) is 21.9. The van der Waals surface area contributed by atoms with Crippen LogP contribution >= 0.6 is 0 Å². The van der Waals surface area contributed by atoms with Gasteiger partial charge in [-0.15, -0.1) is 0 Å². The molecule has 0 aromatic carbocycles. The number of carbonyl (C=O) groups excluding carboxylic acids is 1. The van der Waals surface area contributed by atoms with E-state index < -0.39 is 5.97 Å². The van der Waals surface area contributed by atoms with Gasteiger partial charge in [0.2, 0.25) is 0 Å². The maximum Gasteiger partial charge on any atom is 0.305 e. The molecule has 1 N–H and O–H groups in total. The van der Waals surface area contributed by atoms with Crippen LogP contribution in [0.4, 0.5) is 0 Å². The largest absolute Gasteiger partial charge is 0.481 e. The summed E-state index contributed by atoms with van der Waals surface area (Å²) >= 11 is 0. The maximum absolute atomic E-state index is 11.5. The molecule has 23 heavy (non-hydrogen) atoms. The van der Waals surface area contributed by atoms with Gasteiger partial charge in [-0.1, -0.05) is 71.1 Å². The Balaban J connectivity index is 3.17. The smallest absolute Gasteiger partial charge is 0.305 e. The van der Waals surface area contributed by atoms with E-state index in [1.54, 1.807) is 0 Å². The fraction of sp³-hybridized carbons (Fsp3) is 0.895. The van der Waals surface area contributed by atoms with Crippen molar-refractivity contribution in [3.8, 4) is 0 Å². The molecule has 0 aromatic rings. The molecule has 0 atom stereocenters. The van der Waals surface area contributed by atoms with Crippen molar-refractivity contribution in [2.45, 2.75) is 103 Å². The van der Waals surface area contributed by atoms with Crippen molar-refractivity contribution in [1.29, 1.82) is 0 Å². The molecule has 0 saturated heterocycles. The number of rotatable bonds is 17. The molecule has 0 aromatic heterocycles. The molecule has 0 rings (SSSR count). The van der Waals surface area contributed by atoms with Crippen LogP contribution in [0.1, 0.15) is 103 Å². The van der Waals surface area contributed by atoms with Crippen molar-refractivity contribution in [2.75, 3.05) is 6.61 Å². The summed E-state index contributed by atoms with van der Waals surface area (Å²) in [6.07, 6.45) is 15.2. The standard InChI is InChI=1S/C19H36O4/c1-2-3-4-5-8-11-14-17-23-19(22)16-13-10-7-6-9-12-15-18(20)21/h2-17H2,1H3,(H,20,21). The van der Waals surface area contributed by atoms with Gasteiger partial charge in [-0.3, -0.25) is 9.59 Å². The van der Waals surface area contributed by atoms with Crippen molar-refractivity contribution in [2.24, 2.45) is 0 Å². The van der Waals surface area contributed by atoms with E-state index >= 15 is 0 Å². The van der Waals surface area contributed by atoms with Gasteiger partial charge in [0.25, 0.3) is 0 Å². The molecular formula is C19H36O4. The lowest BCUT2D eigenvalue weighted by atomic mass is 10.1. The third kappa shape index (κ3) is 18.9. The summed E-state index contributed by atoms with van der Waals surface area (Å²) < 4.78 is 5.24. The molecule has 0 spiro atoms. The molecule has 4 nitrogen and oxygen atoms in total. The Kier molecular flexibility index (Phi) is 16.5. The summed E-state index contributed by atoms with van der Waals surface area (Å²) in [5.74, 6) is -0.782. The van der Waals surface area contributed by atoms with Gasteiger partial charge in [-0.2, -0.15) is 0 Å². The van der Waals surface area contributed by atoms with E-state index in [1.165, 1.54) is 32.1 Å². The second kappa shape index (κ2) is 17.3. The minimum atomic E-state index is -0.714. The molecule has 0 fully saturated rings. The Morgan fingerprint density at radius 1 is 0.696 bits per heavy atom. The van der Waals surface area contributed by atoms with E-state index in [-0.39, 0.29) is 12.4 Å². The molecule has 0 aliphatic rings. The maximum atomic E-state index is 11.5. The highest BCUT2D eigenvalue weighted by molar-refractivity contribution is 5.69. The average molecular weight is 328 g/mol. The number of carbonyl (C=O) groups is 2. The van der Waals surface area contributed by atoms with E-state index in [1.807, 2.05) is 0 Å². The molecule has 136 valence electrons. The summed E-state index contributed by atoms with van der Waals surface area (Å²) in [5, 5.41) is 8.52. The third-order valence-electron chi connectivity index (χ3n) is 4.03. The van der Waals surface area contributed by atoms with Gasteiger partial charge in [-0.25, -0.2) is 0 Å².